The van der Waals surface area contributed by atoms with Gasteiger partial charge in [0.15, 0.2) is 9.84 Å². The molecule has 0 aliphatic carbocycles. The van der Waals surface area contributed by atoms with E-state index in [4.69, 9.17) is 4.74 Å². The second kappa shape index (κ2) is 10.9. The van der Waals surface area contributed by atoms with Crippen LogP contribution in [0, 0.1) is 0 Å². The second-order valence-corrected chi connectivity index (χ2v) is 11.5. The van der Waals surface area contributed by atoms with E-state index in [1.807, 2.05) is 12.1 Å². The number of methoxy groups -OCH3 is 1. The minimum atomic E-state index is -3.41. The van der Waals surface area contributed by atoms with Crippen molar-refractivity contribution in [2.75, 3.05) is 55.1 Å². The number of anilines is 5. The van der Waals surface area contributed by atoms with Gasteiger partial charge >= 0.3 is 0 Å². The topological polar surface area (TPSA) is 113 Å². The Morgan fingerprint density at radius 3 is 2.27 bits per heavy atom. The minimum Gasteiger partial charge on any atom is -0.494 e. The van der Waals surface area contributed by atoms with E-state index in [1.54, 1.807) is 31.4 Å². The van der Waals surface area contributed by atoms with Gasteiger partial charge in [-0.2, -0.15) is 4.98 Å². The van der Waals surface area contributed by atoms with Gasteiger partial charge in [-0.25, -0.2) is 18.4 Å². The molecule has 0 saturated carbocycles. The molecule has 5 rings (SSSR count). The Hall–Kier alpha value is -3.44. The van der Waals surface area contributed by atoms with Gasteiger partial charge in [0.25, 0.3) is 0 Å². The Morgan fingerprint density at radius 2 is 1.59 bits per heavy atom. The first-order valence-electron chi connectivity index (χ1n) is 12.6. The third-order valence-electron chi connectivity index (χ3n) is 7.02. The fraction of sp³-hybridized carbons (Fsp3) is 0.423. The monoisotopic (exact) mass is 523 g/mol. The molecule has 0 bridgehead atoms. The number of hydrogen-bond donors (Lipinski definition) is 2. The number of rotatable bonds is 8. The number of nitrogens with one attached hydrogen (secondary N) is 2. The van der Waals surface area contributed by atoms with Crippen LogP contribution in [0.5, 0.6) is 5.75 Å². The molecule has 196 valence electrons. The molecular formula is C26H33N7O3S. The molecular weight excluding hydrogens is 490 g/mol. The van der Waals surface area contributed by atoms with Crippen LogP contribution in [0.25, 0.3) is 0 Å². The van der Waals surface area contributed by atoms with Crippen LogP contribution in [0.1, 0.15) is 25.7 Å². The molecule has 3 aromatic rings. The maximum Gasteiger partial charge on any atom is 0.232 e. The lowest BCUT2D eigenvalue weighted by Gasteiger charge is -2.38. The molecule has 2 aliphatic rings. The number of sulfone groups is 1. The van der Waals surface area contributed by atoms with E-state index in [0.29, 0.717) is 23.4 Å². The highest BCUT2D eigenvalue weighted by molar-refractivity contribution is 7.90. The van der Waals surface area contributed by atoms with Gasteiger partial charge in [-0.1, -0.05) is 12.1 Å². The Labute approximate surface area is 218 Å². The second-order valence-electron chi connectivity index (χ2n) is 9.50. The largest absolute Gasteiger partial charge is 0.494 e. The van der Waals surface area contributed by atoms with Crippen LogP contribution in [0.2, 0.25) is 0 Å². The van der Waals surface area contributed by atoms with Gasteiger partial charge in [-0.05, 0) is 63.0 Å². The van der Waals surface area contributed by atoms with Crippen LogP contribution >= 0.6 is 0 Å². The quantitative estimate of drug-likeness (QED) is 0.452. The zero-order chi connectivity index (χ0) is 25.8. The average molecular weight is 524 g/mol. The summed E-state index contributed by atoms with van der Waals surface area (Å²) in [6, 6.07) is 13.4. The molecule has 0 unspecified atom stereocenters. The Morgan fingerprint density at radius 1 is 0.919 bits per heavy atom. The number of hydrogen-bond acceptors (Lipinski definition) is 10. The van der Waals surface area contributed by atoms with Gasteiger partial charge in [0, 0.05) is 37.1 Å². The highest BCUT2D eigenvalue weighted by Crippen LogP contribution is 2.33. The van der Waals surface area contributed by atoms with Crippen LogP contribution in [0.4, 0.5) is 29.0 Å². The Balaban J connectivity index is 1.28. The lowest BCUT2D eigenvalue weighted by atomic mass is 10.0. The molecule has 11 heteroatoms. The van der Waals surface area contributed by atoms with Gasteiger partial charge in [-0.3, -0.25) is 0 Å². The van der Waals surface area contributed by atoms with Gasteiger partial charge in [0.05, 0.1) is 23.4 Å². The van der Waals surface area contributed by atoms with Crippen molar-refractivity contribution in [3.05, 3.63) is 48.8 Å². The van der Waals surface area contributed by atoms with E-state index in [-0.39, 0.29) is 10.8 Å². The molecule has 2 saturated heterocycles. The summed E-state index contributed by atoms with van der Waals surface area (Å²) in [5, 5.41) is 6.18. The van der Waals surface area contributed by atoms with Crippen molar-refractivity contribution < 1.29 is 13.2 Å². The average Bonchev–Trinajstić information content (AvgIpc) is 3.44. The maximum atomic E-state index is 12.1. The molecule has 2 aliphatic heterocycles. The van der Waals surface area contributed by atoms with Crippen LogP contribution in [0.15, 0.2) is 53.7 Å². The van der Waals surface area contributed by atoms with Gasteiger partial charge < -0.3 is 25.2 Å². The summed E-state index contributed by atoms with van der Waals surface area (Å²) in [5.74, 6) is 1.23. The predicted molar refractivity (Wildman–Crippen MR) is 145 cm³/mol. The summed E-state index contributed by atoms with van der Waals surface area (Å²) in [7, 11) is -1.77. The van der Waals surface area contributed by atoms with Gasteiger partial charge in [0.2, 0.25) is 11.9 Å². The van der Waals surface area contributed by atoms with Gasteiger partial charge in [-0.15, -0.1) is 0 Å². The molecule has 2 fully saturated rings. The van der Waals surface area contributed by atoms with Crippen LogP contribution in [-0.2, 0) is 9.84 Å². The fourth-order valence-corrected chi connectivity index (χ4v) is 5.97. The molecule has 10 nitrogen and oxygen atoms in total. The SMILES string of the molecule is COc1cc(N2CCC(N3CCCC3)CC2)ccc1Nc1ncnc(Nc2ccccc2S(C)(=O)=O)n1. The van der Waals surface area contributed by atoms with Crippen molar-refractivity contribution >= 4 is 38.8 Å². The third-order valence-corrected chi connectivity index (χ3v) is 8.18. The normalized spacial score (nSPS) is 17.1. The van der Waals surface area contributed by atoms with Crippen LogP contribution in [-0.4, -0.2) is 73.9 Å². The van der Waals surface area contributed by atoms with Gasteiger partial charge in [0.1, 0.15) is 12.1 Å². The van der Waals surface area contributed by atoms with E-state index < -0.39 is 9.84 Å². The van der Waals surface area contributed by atoms with Crippen molar-refractivity contribution in [3.63, 3.8) is 0 Å². The number of ether oxygens (including phenoxy) is 1. The maximum absolute atomic E-state index is 12.1. The van der Waals surface area contributed by atoms with Crippen molar-refractivity contribution in [2.24, 2.45) is 0 Å². The molecule has 1 aromatic heterocycles. The highest BCUT2D eigenvalue weighted by atomic mass is 32.2. The van der Waals surface area contributed by atoms with E-state index in [1.165, 1.54) is 51.4 Å². The molecule has 37 heavy (non-hydrogen) atoms. The minimum absolute atomic E-state index is 0.173. The van der Waals surface area contributed by atoms with Crippen molar-refractivity contribution in [1.82, 2.24) is 19.9 Å². The summed E-state index contributed by atoms with van der Waals surface area (Å²) in [6.07, 6.45) is 7.57. The summed E-state index contributed by atoms with van der Waals surface area (Å²) < 4.78 is 29.9. The molecule has 2 aromatic carbocycles. The standard InChI is InChI=1S/C26H33N7O3S/c1-36-23-17-20(33-15-11-19(12-16-33)32-13-5-6-14-32)9-10-21(23)29-25-27-18-28-26(31-25)30-22-7-3-4-8-24(22)37(2,34)35/h3-4,7-10,17-19H,5-6,11-16H2,1-2H3,(H2,27,28,29,30,31). The Kier molecular flexibility index (Phi) is 7.43. The van der Waals surface area contributed by atoms with E-state index in [9.17, 15) is 8.42 Å². The first kappa shape index (κ1) is 25.2. The molecule has 2 N–H and O–H groups in total. The van der Waals surface area contributed by atoms with Crippen LogP contribution in [0.3, 0.4) is 0 Å². The first-order valence-corrected chi connectivity index (χ1v) is 14.5. The first-order chi connectivity index (χ1) is 17.9. The molecule has 0 atom stereocenters. The predicted octanol–water partition coefficient (Wildman–Crippen LogP) is 3.84. The smallest absolute Gasteiger partial charge is 0.232 e. The summed E-state index contributed by atoms with van der Waals surface area (Å²) in [6.45, 7) is 4.57. The number of likely N-dealkylation sites (tertiary alicyclic amines) is 1. The highest BCUT2D eigenvalue weighted by Gasteiger charge is 2.26. The number of benzene rings is 2. The Bertz CT molecular complexity index is 1340. The number of para-hydroxylation sites is 1. The molecule has 0 spiro atoms. The lowest BCUT2D eigenvalue weighted by molar-refractivity contribution is 0.208. The molecule has 0 amide bonds. The van der Waals surface area contributed by atoms with Crippen molar-refractivity contribution in [3.8, 4) is 5.75 Å². The van der Waals surface area contributed by atoms with Crippen LogP contribution < -0.4 is 20.3 Å². The fourth-order valence-electron chi connectivity index (χ4n) is 5.13. The zero-order valence-electron chi connectivity index (χ0n) is 21.2. The van der Waals surface area contributed by atoms with Crippen molar-refractivity contribution in [2.45, 2.75) is 36.6 Å². The third kappa shape index (κ3) is 5.94. The number of aromatic nitrogens is 3. The summed E-state index contributed by atoms with van der Waals surface area (Å²) in [4.78, 5) is 18.0. The number of nitrogens with zero attached hydrogens (tertiary/aromatic N) is 5. The van der Waals surface area contributed by atoms with Crippen molar-refractivity contribution in [1.29, 1.82) is 0 Å². The summed E-state index contributed by atoms with van der Waals surface area (Å²) in [5.41, 5.74) is 2.27. The lowest BCUT2D eigenvalue weighted by Crippen LogP contribution is -2.43. The van der Waals surface area contributed by atoms with E-state index >= 15 is 0 Å². The zero-order valence-corrected chi connectivity index (χ0v) is 22.0. The number of piperidine rings is 1. The molecule has 0 radical (unpaired) electrons. The van der Waals surface area contributed by atoms with E-state index in [2.05, 4.69) is 41.5 Å². The summed E-state index contributed by atoms with van der Waals surface area (Å²) >= 11 is 0. The molecule has 3 heterocycles. The van der Waals surface area contributed by atoms with E-state index in [0.717, 1.165) is 24.5 Å².